The van der Waals surface area contributed by atoms with E-state index in [9.17, 15) is 5.11 Å². The summed E-state index contributed by atoms with van der Waals surface area (Å²) in [5.74, 6) is 0.614. The summed E-state index contributed by atoms with van der Waals surface area (Å²) < 4.78 is 5.30. The minimum atomic E-state index is -0.546. The molecule has 0 spiro atoms. The smallest absolute Gasteiger partial charge is 0.0817 e. The Labute approximate surface area is 104 Å². The van der Waals surface area contributed by atoms with Crippen LogP contribution in [0.2, 0.25) is 0 Å². The molecule has 2 atom stereocenters. The Morgan fingerprint density at radius 2 is 2.06 bits per heavy atom. The summed E-state index contributed by atoms with van der Waals surface area (Å²) >= 11 is 0. The van der Waals surface area contributed by atoms with Crippen LogP contribution in [-0.4, -0.2) is 55.0 Å². The first-order valence-corrected chi connectivity index (χ1v) is 6.83. The Morgan fingerprint density at radius 3 is 2.65 bits per heavy atom. The molecule has 2 aliphatic rings. The Kier molecular flexibility index (Phi) is 4.42. The van der Waals surface area contributed by atoms with Gasteiger partial charge in [-0.1, -0.05) is 6.42 Å². The van der Waals surface area contributed by atoms with Crippen LogP contribution in [0.25, 0.3) is 0 Å². The van der Waals surface area contributed by atoms with E-state index in [0.29, 0.717) is 25.2 Å². The third-order valence-corrected chi connectivity index (χ3v) is 4.25. The maximum Gasteiger partial charge on any atom is 0.0817 e. The molecule has 100 valence electrons. The molecule has 1 heterocycles. The summed E-state index contributed by atoms with van der Waals surface area (Å²) in [7, 11) is 2.10. The van der Waals surface area contributed by atoms with E-state index in [2.05, 4.69) is 11.9 Å². The van der Waals surface area contributed by atoms with Crippen LogP contribution in [-0.2, 0) is 4.74 Å². The molecule has 0 radical (unpaired) electrons. The molecular formula is C13H26N2O2. The Balaban J connectivity index is 1.77. The zero-order valence-corrected chi connectivity index (χ0v) is 10.9. The number of nitrogens with two attached hydrogens (primary N) is 1. The summed E-state index contributed by atoms with van der Waals surface area (Å²) in [6, 6.07) is 0.363. The molecule has 3 N–H and O–H groups in total. The Hall–Kier alpha value is -0.160. The van der Waals surface area contributed by atoms with Gasteiger partial charge >= 0.3 is 0 Å². The lowest BCUT2D eigenvalue weighted by atomic mass is 9.93. The first-order valence-electron chi connectivity index (χ1n) is 6.83. The van der Waals surface area contributed by atoms with E-state index in [1.807, 2.05) is 0 Å². The maximum atomic E-state index is 10.4. The highest BCUT2D eigenvalue weighted by molar-refractivity contribution is 4.87. The standard InChI is InChI=1S/C13H26N2O2/c1-15(9-11-3-2-4-12(11)14)10-13(16)5-7-17-8-6-13/h11-12,16H,2-10,14H2,1H3. The van der Waals surface area contributed by atoms with Crippen molar-refractivity contribution in [2.24, 2.45) is 11.7 Å². The van der Waals surface area contributed by atoms with Crippen LogP contribution in [0, 0.1) is 5.92 Å². The highest BCUT2D eigenvalue weighted by atomic mass is 16.5. The third-order valence-electron chi connectivity index (χ3n) is 4.25. The van der Waals surface area contributed by atoms with Crippen LogP contribution in [0.4, 0.5) is 0 Å². The highest BCUT2D eigenvalue weighted by Gasteiger charge is 2.32. The molecule has 2 rings (SSSR count). The molecule has 0 aromatic rings. The van der Waals surface area contributed by atoms with E-state index in [4.69, 9.17) is 10.5 Å². The minimum Gasteiger partial charge on any atom is -0.388 e. The number of likely N-dealkylation sites (N-methyl/N-ethyl adjacent to an activating group) is 1. The van der Waals surface area contributed by atoms with Gasteiger partial charge in [-0.2, -0.15) is 0 Å². The largest absolute Gasteiger partial charge is 0.388 e. The molecule has 0 bridgehead atoms. The minimum absolute atomic E-state index is 0.363. The van der Waals surface area contributed by atoms with Gasteiger partial charge in [0.25, 0.3) is 0 Å². The zero-order valence-electron chi connectivity index (χ0n) is 10.9. The summed E-state index contributed by atoms with van der Waals surface area (Å²) in [6.07, 6.45) is 5.18. The van der Waals surface area contributed by atoms with E-state index >= 15 is 0 Å². The van der Waals surface area contributed by atoms with Crippen molar-refractivity contribution in [3.63, 3.8) is 0 Å². The molecule has 0 amide bonds. The van der Waals surface area contributed by atoms with Crippen molar-refractivity contribution >= 4 is 0 Å². The van der Waals surface area contributed by atoms with Gasteiger partial charge in [-0.05, 0) is 25.8 Å². The fourth-order valence-corrected chi connectivity index (χ4v) is 3.17. The van der Waals surface area contributed by atoms with Crippen molar-refractivity contribution in [2.75, 3.05) is 33.4 Å². The van der Waals surface area contributed by atoms with Gasteiger partial charge in [-0.25, -0.2) is 0 Å². The van der Waals surface area contributed by atoms with E-state index in [1.54, 1.807) is 0 Å². The highest BCUT2D eigenvalue weighted by Crippen LogP contribution is 2.26. The SMILES string of the molecule is CN(CC1CCCC1N)CC1(O)CCOCC1. The third kappa shape index (κ3) is 3.65. The van der Waals surface area contributed by atoms with Crippen LogP contribution in [0.1, 0.15) is 32.1 Å². The molecule has 4 nitrogen and oxygen atoms in total. The number of aliphatic hydroxyl groups is 1. The quantitative estimate of drug-likeness (QED) is 0.757. The average molecular weight is 242 g/mol. The van der Waals surface area contributed by atoms with Crippen LogP contribution in [0.3, 0.4) is 0 Å². The van der Waals surface area contributed by atoms with Gasteiger partial charge in [0.15, 0.2) is 0 Å². The van der Waals surface area contributed by atoms with E-state index < -0.39 is 5.60 Å². The Bertz CT molecular complexity index is 242. The number of hydrogen-bond donors (Lipinski definition) is 2. The second-order valence-electron chi connectivity index (χ2n) is 5.89. The Morgan fingerprint density at radius 1 is 1.35 bits per heavy atom. The van der Waals surface area contributed by atoms with Crippen LogP contribution in [0.5, 0.6) is 0 Å². The zero-order chi connectivity index (χ0) is 12.3. The molecular weight excluding hydrogens is 216 g/mol. The van der Waals surface area contributed by atoms with Crippen molar-refractivity contribution < 1.29 is 9.84 Å². The monoisotopic (exact) mass is 242 g/mol. The molecule has 0 aromatic heterocycles. The molecule has 4 heteroatoms. The molecule has 0 aromatic carbocycles. The number of rotatable bonds is 4. The van der Waals surface area contributed by atoms with E-state index in [0.717, 1.165) is 32.4 Å². The lowest BCUT2D eigenvalue weighted by Gasteiger charge is -2.36. The van der Waals surface area contributed by atoms with Gasteiger partial charge in [-0.15, -0.1) is 0 Å². The van der Waals surface area contributed by atoms with Crippen molar-refractivity contribution in [1.82, 2.24) is 4.90 Å². The average Bonchev–Trinajstić information content (AvgIpc) is 2.64. The molecule has 1 saturated heterocycles. The number of ether oxygens (including phenoxy) is 1. The number of hydrogen-bond acceptors (Lipinski definition) is 4. The first-order chi connectivity index (χ1) is 8.09. The van der Waals surface area contributed by atoms with Crippen molar-refractivity contribution in [2.45, 2.75) is 43.7 Å². The van der Waals surface area contributed by atoms with Gasteiger partial charge in [0.1, 0.15) is 0 Å². The fraction of sp³-hybridized carbons (Fsp3) is 1.00. The summed E-state index contributed by atoms with van der Waals surface area (Å²) in [5, 5.41) is 10.4. The number of nitrogens with zero attached hydrogens (tertiary/aromatic N) is 1. The molecule has 1 aliphatic carbocycles. The second-order valence-corrected chi connectivity index (χ2v) is 5.89. The van der Waals surface area contributed by atoms with Gasteiger partial charge in [0.05, 0.1) is 5.60 Å². The first kappa shape index (κ1) is 13.3. The molecule has 1 saturated carbocycles. The summed E-state index contributed by atoms with van der Waals surface area (Å²) in [5.41, 5.74) is 5.54. The van der Waals surface area contributed by atoms with Crippen molar-refractivity contribution in [1.29, 1.82) is 0 Å². The van der Waals surface area contributed by atoms with Crippen LogP contribution >= 0.6 is 0 Å². The maximum absolute atomic E-state index is 10.4. The van der Waals surface area contributed by atoms with E-state index in [-0.39, 0.29) is 0 Å². The summed E-state index contributed by atoms with van der Waals surface area (Å²) in [4.78, 5) is 2.25. The summed E-state index contributed by atoms with van der Waals surface area (Å²) in [6.45, 7) is 3.14. The van der Waals surface area contributed by atoms with Crippen LogP contribution < -0.4 is 5.73 Å². The predicted molar refractivity (Wildman–Crippen MR) is 67.8 cm³/mol. The lowest BCUT2D eigenvalue weighted by molar-refractivity contribution is -0.0781. The van der Waals surface area contributed by atoms with Crippen molar-refractivity contribution in [3.05, 3.63) is 0 Å². The van der Waals surface area contributed by atoms with Gasteiger partial charge < -0.3 is 20.5 Å². The fourth-order valence-electron chi connectivity index (χ4n) is 3.17. The predicted octanol–water partition coefficient (Wildman–Crippen LogP) is 0.587. The molecule has 2 fully saturated rings. The van der Waals surface area contributed by atoms with Gasteiger partial charge in [0, 0.05) is 45.2 Å². The van der Waals surface area contributed by atoms with Gasteiger partial charge in [-0.3, -0.25) is 0 Å². The van der Waals surface area contributed by atoms with Crippen LogP contribution in [0.15, 0.2) is 0 Å². The lowest BCUT2D eigenvalue weighted by Crippen LogP contribution is -2.47. The normalized spacial score (nSPS) is 33.2. The van der Waals surface area contributed by atoms with Gasteiger partial charge in [0.2, 0.25) is 0 Å². The molecule has 2 unspecified atom stereocenters. The van der Waals surface area contributed by atoms with Crippen molar-refractivity contribution in [3.8, 4) is 0 Å². The molecule has 17 heavy (non-hydrogen) atoms. The second kappa shape index (κ2) is 5.65. The molecule has 1 aliphatic heterocycles. The topological polar surface area (TPSA) is 58.7 Å². The van der Waals surface area contributed by atoms with E-state index in [1.165, 1.54) is 12.8 Å².